The van der Waals surface area contributed by atoms with Gasteiger partial charge < -0.3 is 15.4 Å². The van der Waals surface area contributed by atoms with Gasteiger partial charge >= 0.3 is 0 Å². The van der Waals surface area contributed by atoms with E-state index < -0.39 is 0 Å². The lowest BCUT2D eigenvalue weighted by Gasteiger charge is -2.20. The molecule has 0 bridgehead atoms. The number of carbonyl (C=O) groups excluding carboxylic acids is 1. The van der Waals surface area contributed by atoms with Crippen LogP contribution in [0.5, 0.6) is 0 Å². The van der Waals surface area contributed by atoms with Crippen molar-refractivity contribution in [1.82, 2.24) is 4.90 Å². The standard InChI is InChI=1S/C12H24N2O2/c1-2-11(13)9-16-10-12(15)14-7-5-3-4-6-8-14/h11H,2-10,13H2,1H3. The second-order valence-electron chi connectivity index (χ2n) is 4.48. The summed E-state index contributed by atoms with van der Waals surface area (Å²) in [5, 5.41) is 0. The highest BCUT2D eigenvalue weighted by Gasteiger charge is 2.15. The first-order chi connectivity index (χ1) is 7.74. The number of carbonyl (C=O) groups is 1. The van der Waals surface area contributed by atoms with Crippen molar-refractivity contribution < 1.29 is 9.53 Å². The molecule has 1 rings (SSSR count). The van der Waals surface area contributed by atoms with Crippen LogP contribution in [0.15, 0.2) is 0 Å². The molecule has 94 valence electrons. The third-order valence-corrected chi connectivity index (χ3v) is 3.04. The van der Waals surface area contributed by atoms with E-state index in [1.807, 2.05) is 11.8 Å². The minimum atomic E-state index is 0.0527. The largest absolute Gasteiger partial charge is 0.370 e. The first-order valence-corrected chi connectivity index (χ1v) is 6.35. The zero-order valence-electron chi connectivity index (χ0n) is 10.3. The van der Waals surface area contributed by atoms with Crippen LogP contribution >= 0.6 is 0 Å². The summed E-state index contributed by atoms with van der Waals surface area (Å²) in [4.78, 5) is 13.7. The topological polar surface area (TPSA) is 55.6 Å². The lowest BCUT2D eigenvalue weighted by Crippen LogP contribution is -2.36. The second kappa shape index (κ2) is 7.63. The van der Waals surface area contributed by atoms with Gasteiger partial charge in [-0.3, -0.25) is 4.79 Å². The molecule has 1 unspecified atom stereocenters. The van der Waals surface area contributed by atoms with E-state index in [0.717, 1.165) is 32.4 Å². The molecule has 1 aliphatic heterocycles. The van der Waals surface area contributed by atoms with E-state index in [1.54, 1.807) is 0 Å². The Labute approximate surface area is 98.1 Å². The fourth-order valence-electron chi connectivity index (χ4n) is 1.83. The monoisotopic (exact) mass is 228 g/mol. The van der Waals surface area contributed by atoms with E-state index in [9.17, 15) is 4.79 Å². The van der Waals surface area contributed by atoms with Gasteiger partial charge in [-0.15, -0.1) is 0 Å². The molecule has 0 aliphatic carbocycles. The maximum atomic E-state index is 11.8. The Morgan fingerprint density at radius 2 is 1.94 bits per heavy atom. The SMILES string of the molecule is CCC(N)COCC(=O)N1CCCCCC1. The summed E-state index contributed by atoms with van der Waals surface area (Å²) in [5.41, 5.74) is 5.71. The number of hydrogen-bond acceptors (Lipinski definition) is 3. The van der Waals surface area contributed by atoms with Gasteiger partial charge in [-0.05, 0) is 19.3 Å². The molecule has 1 aliphatic rings. The predicted octanol–water partition coefficient (Wildman–Crippen LogP) is 1.14. The van der Waals surface area contributed by atoms with Crippen LogP contribution in [0.1, 0.15) is 39.0 Å². The molecule has 0 aromatic heterocycles. The molecule has 0 radical (unpaired) electrons. The minimum absolute atomic E-state index is 0.0527. The number of amides is 1. The van der Waals surface area contributed by atoms with Crippen molar-refractivity contribution in [2.24, 2.45) is 5.73 Å². The first-order valence-electron chi connectivity index (χ1n) is 6.35. The van der Waals surface area contributed by atoms with Gasteiger partial charge in [0.25, 0.3) is 0 Å². The maximum absolute atomic E-state index is 11.8. The number of rotatable bonds is 5. The van der Waals surface area contributed by atoms with Crippen LogP contribution in [-0.2, 0) is 9.53 Å². The molecule has 0 aromatic rings. The van der Waals surface area contributed by atoms with Crippen molar-refractivity contribution in [2.75, 3.05) is 26.3 Å². The van der Waals surface area contributed by atoms with E-state index in [2.05, 4.69) is 0 Å². The summed E-state index contributed by atoms with van der Waals surface area (Å²) in [7, 11) is 0. The highest BCUT2D eigenvalue weighted by molar-refractivity contribution is 5.77. The molecule has 4 nitrogen and oxygen atoms in total. The summed E-state index contributed by atoms with van der Waals surface area (Å²) in [6.07, 6.45) is 5.62. The number of ether oxygens (including phenoxy) is 1. The lowest BCUT2D eigenvalue weighted by atomic mass is 10.2. The molecule has 0 saturated carbocycles. The quantitative estimate of drug-likeness (QED) is 0.768. The normalized spacial score (nSPS) is 19.2. The van der Waals surface area contributed by atoms with Crippen molar-refractivity contribution in [1.29, 1.82) is 0 Å². The Hall–Kier alpha value is -0.610. The summed E-state index contributed by atoms with van der Waals surface area (Å²) < 4.78 is 5.33. The molecule has 4 heteroatoms. The Balaban J connectivity index is 2.17. The fraction of sp³-hybridized carbons (Fsp3) is 0.917. The van der Waals surface area contributed by atoms with E-state index in [4.69, 9.17) is 10.5 Å². The van der Waals surface area contributed by atoms with Gasteiger partial charge in [-0.1, -0.05) is 19.8 Å². The predicted molar refractivity (Wildman–Crippen MR) is 64.1 cm³/mol. The summed E-state index contributed by atoms with van der Waals surface area (Å²) >= 11 is 0. The van der Waals surface area contributed by atoms with Crippen molar-refractivity contribution in [2.45, 2.75) is 45.1 Å². The minimum Gasteiger partial charge on any atom is -0.370 e. The molecule has 1 heterocycles. The van der Waals surface area contributed by atoms with Crippen LogP contribution in [-0.4, -0.2) is 43.2 Å². The van der Waals surface area contributed by atoms with E-state index in [0.29, 0.717) is 6.61 Å². The molecular formula is C12H24N2O2. The van der Waals surface area contributed by atoms with Gasteiger partial charge in [0.15, 0.2) is 0 Å². The summed E-state index contributed by atoms with van der Waals surface area (Å²) in [5.74, 6) is 0.116. The molecule has 1 amide bonds. The molecule has 0 aromatic carbocycles. The first kappa shape index (κ1) is 13.5. The van der Waals surface area contributed by atoms with Gasteiger partial charge in [0.1, 0.15) is 6.61 Å². The van der Waals surface area contributed by atoms with Crippen LogP contribution in [0.3, 0.4) is 0 Å². The average Bonchev–Trinajstić information content (AvgIpc) is 2.57. The molecule has 1 atom stereocenters. The average molecular weight is 228 g/mol. The third-order valence-electron chi connectivity index (χ3n) is 3.04. The highest BCUT2D eigenvalue weighted by atomic mass is 16.5. The van der Waals surface area contributed by atoms with Crippen LogP contribution in [0.25, 0.3) is 0 Å². The molecule has 1 saturated heterocycles. The zero-order valence-corrected chi connectivity index (χ0v) is 10.3. The van der Waals surface area contributed by atoms with E-state index >= 15 is 0 Å². The summed E-state index contributed by atoms with van der Waals surface area (Å²) in [6, 6.07) is 0.0527. The second-order valence-corrected chi connectivity index (χ2v) is 4.48. The third kappa shape index (κ3) is 4.94. The Morgan fingerprint density at radius 1 is 1.31 bits per heavy atom. The molecule has 2 N–H and O–H groups in total. The fourth-order valence-corrected chi connectivity index (χ4v) is 1.83. The van der Waals surface area contributed by atoms with Gasteiger partial charge in [0, 0.05) is 19.1 Å². The van der Waals surface area contributed by atoms with Crippen LogP contribution in [0.4, 0.5) is 0 Å². The van der Waals surface area contributed by atoms with E-state index in [1.165, 1.54) is 12.8 Å². The highest BCUT2D eigenvalue weighted by Crippen LogP contribution is 2.09. The van der Waals surface area contributed by atoms with Gasteiger partial charge in [-0.25, -0.2) is 0 Å². The van der Waals surface area contributed by atoms with Crippen molar-refractivity contribution in [3.05, 3.63) is 0 Å². The smallest absolute Gasteiger partial charge is 0.248 e. The maximum Gasteiger partial charge on any atom is 0.248 e. The number of nitrogens with two attached hydrogens (primary N) is 1. The molecular weight excluding hydrogens is 204 g/mol. The lowest BCUT2D eigenvalue weighted by molar-refractivity contribution is -0.136. The molecule has 16 heavy (non-hydrogen) atoms. The number of nitrogens with zero attached hydrogens (tertiary/aromatic N) is 1. The number of hydrogen-bond donors (Lipinski definition) is 1. The van der Waals surface area contributed by atoms with Crippen molar-refractivity contribution in [3.8, 4) is 0 Å². The molecule has 1 fully saturated rings. The van der Waals surface area contributed by atoms with Crippen molar-refractivity contribution >= 4 is 5.91 Å². The number of likely N-dealkylation sites (tertiary alicyclic amines) is 1. The van der Waals surface area contributed by atoms with Crippen molar-refractivity contribution in [3.63, 3.8) is 0 Å². The van der Waals surface area contributed by atoms with Crippen LogP contribution in [0, 0.1) is 0 Å². The Morgan fingerprint density at radius 3 is 2.50 bits per heavy atom. The van der Waals surface area contributed by atoms with Gasteiger partial charge in [0.2, 0.25) is 5.91 Å². The van der Waals surface area contributed by atoms with Crippen LogP contribution < -0.4 is 5.73 Å². The van der Waals surface area contributed by atoms with E-state index in [-0.39, 0.29) is 18.6 Å². The van der Waals surface area contributed by atoms with Gasteiger partial charge in [-0.2, -0.15) is 0 Å². The Bertz CT molecular complexity index is 201. The van der Waals surface area contributed by atoms with Gasteiger partial charge in [0.05, 0.1) is 6.61 Å². The zero-order chi connectivity index (χ0) is 11.8. The van der Waals surface area contributed by atoms with Crippen LogP contribution in [0.2, 0.25) is 0 Å². The Kier molecular flexibility index (Phi) is 6.42. The summed E-state index contributed by atoms with van der Waals surface area (Å²) in [6.45, 7) is 4.47. The molecule has 0 spiro atoms.